The van der Waals surface area contributed by atoms with E-state index in [1.165, 1.54) is 7.11 Å². The lowest BCUT2D eigenvalue weighted by Gasteiger charge is -2.09. The Hall–Kier alpha value is -2.15. The van der Waals surface area contributed by atoms with E-state index in [1.54, 1.807) is 18.2 Å². The van der Waals surface area contributed by atoms with Gasteiger partial charge < -0.3 is 25.8 Å². The van der Waals surface area contributed by atoms with Crippen molar-refractivity contribution < 1.29 is 19.4 Å². The minimum Gasteiger partial charge on any atom is -0.495 e. The molecule has 19 heavy (non-hydrogen) atoms. The molecule has 3 amide bonds. The van der Waals surface area contributed by atoms with Crippen molar-refractivity contribution in [3.8, 4) is 5.75 Å². The summed E-state index contributed by atoms with van der Waals surface area (Å²) in [5.41, 5.74) is 0.509. The van der Waals surface area contributed by atoms with Crippen LogP contribution in [0.5, 0.6) is 5.75 Å². The molecule has 1 aromatic carbocycles. The first-order chi connectivity index (χ1) is 9.02. The van der Waals surface area contributed by atoms with Gasteiger partial charge in [0.25, 0.3) is 0 Å². The first kappa shape index (κ1) is 14.9. The van der Waals surface area contributed by atoms with Gasteiger partial charge in [0.05, 0.1) is 12.1 Å². The molecule has 0 saturated carbocycles. The van der Waals surface area contributed by atoms with Gasteiger partial charge in [-0.2, -0.15) is 0 Å². The molecule has 0 bridgehead atoms. The monoisotopic (exact) mass is 287 g/mol. The normalized spacial score (nSPS) is 9.58. The third-order valence-corrected chi connectivity index (χ3v) is 2.39. The van der Waals surface area contributed by atoms with Crippen LogP contribution in [0.15, 0.2) is 18.2 Å². The van der Waals surface area contributed by atoms with Gasteiger partial charge in [-0.1, -0.05) is 11.6 Å². The smallest absolute Gasteiger partial charge is 0.404 e. The number of hydrogen-bond donors (Lipinski definition) is 4. The van der Waals surface area contributed by atoms with E-state index in [0.29, 0.717) is 16.5 Å². The van der Waals surface area contributed by atoms with Gasteiger partial charge in [-0.3, -0.25) is 0 Å². The highest BCUT2D eigenvalue weighted by Crippen LogP contribution is 2.26. The van der Waals surface area contributed by atoms with Crippen LogP contribution in [0.1, 0.15) is 0 Å². The molecular weight excluding hydrogens is 274 g/mol. The lowest BCUT2D eigenvalue weighted by atomic mass is 10.3. The zero-order chi connectivity index (χ0) is 14.3. The van der Waals surface area contributed by atoms with Gasteiger partial charge in [-0.15, -0.1) is 0 Å². The van der Waals surface area contributed by atoms with Crippen molar-refractivity contribution in [3.63, 3.8) is 0 Å². The summed E-state index contributed by atoms with van der Waals surface area (Å²) in [7, 11) is 1.50. The highest BCUT2D eigenvalue weighted by atomic mass is 35.5. The molecule has 8 heteroatoms. The summed E-state index contributed by atoms with van der Waals surface area (Å²) in [6, 6.07) is 4.37. The number of carbonyl (C=O) groups is 2. The van der Waals surface area contributed by atoms with Gasteiger partial charge in [0, 0.05) is 18.8 Å². The summed E-state index contributed by atoms with van der Waals surface area (Å²) in [5.74, 6) is 0.512. The number of anilines is 1. The first-order valence-electron chi connectivity index (χ1n) is 5.38. The number of amides is 3. The van der Waals surface area contributed by atoms with Crippen molar-refractivity contribution in [2.24, 2.45) is 0 Å². The molecule has 0 unspecified atom stereocenters. The molecule has 4 N–H and O–H groups in total. The Morgan fingerprint density at radius 3 is 2.58 bits per heavy atom. The molecule has 0 spiro atoms. The van der Waals surface area contributed by atoms with Crippen LogP contribution in [0.3, 0.4) is 0 Å². The number of carboxylic acid groups (broad SMARTS) is 1. The Bertz CT molecular complexity index is 467. The molecule has 0 radical (unpaired) electrons. The molecule has 0 aliphatic carbocycles. The highest BCUT2D eigenvalue weighted by Gasteiger charge is 2.05. The van der Waals surface area contributed by atoms with Gasteiger partial charge in [0.15, 0.2) is 0 Å². The van der Waals surface area contributed by atoms with E-state index in [1.807, 2.05) is 0 Å². The molecule has 7 nitrogen and oxygen atoms in total. The number of nitrogens with one attached hydrogen (secondary N) is 3. The summed E-state index contributed by atoms with van der Waals surface area (Å²) in [4.78, 5) is 21.6. The second kappa shape index (κ2) is 7.32. The van der Waals surface area contributed by atoms with Crippen LogP contribution in [0.25, 0.3) is 0 Å². The standard InChI is InChI=1S/C11H14ClN3O4/c1-19-9-3-2-7(6-8(9)12)15-10(16)13-4-5-14-11(17)18/h2-3,6,14H,4-5H2,1H3,(H,17,18)(H2,13,15,16). The van der Waals surface area contributed by atoms with Crippen LogP contribution in [0, 0.1) is 0 Å². The number of rotatable bonds is 5. The minimum absolute atomic E-state index is 0.131. The zero-order valence-corrected chi connectivity index (χ0v) is 11.0. The molecule has 1 aromatic rings. The third-order valence-electron chi connectivity index (χ3n) is 2.10. The maximum atomic E-state index is 11.5. The first-order valence-corrected chi connectivity index (χ1v) is 5.76. The third kappa shape index (κ3) is 5.35. The van der Waals surface area contributed by atoms with Crippen LogP contribution in [-0.2, 0) is 0 Å². The lowest BCUT2D eigenvalue weighted by molar-refractivity contribution is 0.194. The SMILES string of the molecule is COc1ccc(NC(=O)NCCNC(=O)O)cc1Cl. The fourth-order valence-corrected chi connectivity index (χ4v) is 1.52. The summed E-state index contributed by atoms with van der Waals surface area (Å²) in [6.45, 7) is 0.314. The summed E-state index contributed by atoms with van der Waals surface area (Å²) >= 11 is 5.90. The van der Waals surface area contributed by atoms with E-state index in [4.69, 9.17) is 21.4 Å². The quantitative estimate of drug-likeness (QED) is 0.620. The van der Waals surface area contributed by atoms with Gasteiger partial charge in [-0.25, -0.2) is 9.59 Å². The van der Waals surface area contributed by atoms with Crippen molar-refractivity contribution >= 4 is 29.4 Å². The maximum absolute atomic E-state index is 11.5. The van der Waals surface area contributed by atoms with E-state index in [9.17, 15) is 9.59 Å². The Morgan fingerprint density at radius 2 is 2.00 bits per heavy atom. The Morgan fingerprint density at radius 1 is 1.32 bits per heavy atom. The van der Waals surface area contributed by atoms with Crippen LogP contribution < -0.4 is 20.7 Å². The van der Waals surface area contributed by atoms with E-state index in [-0.39, 0.29) is 13.1 Å². The zero-order valence-electron chi connectivity index (χ0n) is 10.2. The highest BCUT2D eigenvalue weighted by molar-refractivity contribution is 6.32. The molecular formula is C11H14ClN3O4. The van der Waals surface area contributed by atoms with Crippen molar-refractivity contribution in [3.05, 3.63) is 23.2 Å². The van der Waals surface area contributed by atoms with Crippen molar-refractivity contribution in [2.75, 3.05) is 25.5 Å². The molecule has 0 aromatic heterocycles. The Kier molecular flexibility index (Phi) is 5.74. The van der Waals surface area contributed by atoms with E-state index >= 15 is 0 Å². The van der Waals surface area contributed by atoms with Gasteiger partial charge in [-0.05, 0) is 18.2 Å². The van der Waals surface area contributed by atoms with Crippen LogP contribution in [-0.4, -0.2) is 37.4 Å². The Balaban J connectivity index is 2.40. The van der Waals surface area contributed by atoms with Crippen molar-refractivity contribution in [1.29, 1.82) is 0 Å². The number of methoxy groups -OCH3 is 1. The predicted molar refractivity (Wildman–Crippen MR) is 71.1 cm³/mol. The van der Waals surface area contributed by atoms with Crippen molar-refractivity contribution in [1.82, 2.24) is 10.6 Å². The van der Waals surface area contributed by atoms with E-state index in [2.05, 4.69) is 16.0 Å². The fraction of sp³-hybridized carbons (Fsp3) is 0.273. The molecule has 0 aliphatic heterocycles. The second-order valence-electron chi connectivity index (χ2n) is 3.46. The lowest BCUT2D eigenvalue weighted by Crippen LogP contribution is -2.36. The molecule has 104 valence electrons. The molecule has 1 rings (SSSR count). The minimum atomic E-state index is -1.14. The number of urea groups is 1. The molecule has 0 saturated heterocycles. The number of carbonyl (C=O) groups excluding carboxylic acids is 1. The Labute approximate surface area is 114 Å². The summed E-state index contributed by atoms with van der Waals surface area (Å²) in [6.07, 6.45) is -1.14. The average molecular weight is 288 g/mol. The fourth-order valence-electron chi connectivity index (χ4n) is 1.26. The maximum Gasteiger partial charge on any atom is 0.404 e. The number of benzene rings is 1. The largest absolute Gasteiger partial charge is 0.495 e. The average Bonchev–Trinajstić information content (AvgIpc) is 2.35. The molecule has 0 fully saturated rings. The molecule has 0 aliphatic rings. The number of hydrogen-bond acceptors (Lipinski definition) is 3. The van der Waals surface area contributed by atoms with Crippen molar-refractivity contribution in [2.45, 2.75) is 0 Å². The number of ether oxygens (including phenoxy) is 1. The van der Waals surface area contributed by atoms with Gasteiger partial charge in [0.2, 0.25) is 0 Å². The van der Waals surface area contributed by atoms with Gasteiger partial charge >= 0.3 is 12.1 Å². The van der Waals surface area contributed by atoms with Crippen LogP contribution in [0.2, 0.25) is 5.02 Å². The second-order valence-corrected chi connectivity index (χ2v) is 3.87. The summed E-state index contributed by atoms with van der Waals surface area (Å²) < 4.78 is 4.98. The van der Waals surface area contributed by atoms with Gasteiger partial charge in [0.1, 0.15) is 5.75 Å². The predicted octanol–water partition coefficient (Wildman–Crippen LogP) is 1.74. The summed E-state index contributed by atoms with van der Waals surface area (Å²) in [5, 5.41) is 15.9. The molecule has 0 atom stereocenters. The van der Waals surface area contributed by atoms with E-state index < -0.39 is 12.1 Å². The van der Waals surface area contributed by atoms with Crippen LogP contribution >= 0.6 is 11.6 Å². The van der Waals surface area contributed by atoms with Crippen LogP contribution in [0.4, 0.5) is 15.3 Å². The molecule has 0 heterocycles. The number of halogens is 1. The van der Waals surface area contributed by atoms with E-state index in [0.717, 1.165) is 0 Å². The topological polar surface area (TPSA) is 99.7 Å².